The second-order valence-corrected chi connectivity index (χ2v) is 4.45. The van der Waals surface area contributed by atoms with Crippen LogP contribution >= 0.6 is 11.3 Å². The molecule has 6 heteroatoms. The average molecular weight is 249 g/mol. The topological polar surface area (TPSA) is 65.0 Å². The van der Waals surface area contributed by atoms with Crippen LogP contribution in [-0.4, -0.2) is 28.1 Å². The summed E-state index contributed by atoms with van der Waals surface area (Å²) >= 11 is 1.33. The first kappa shape index (κ1) is 11.7. The molecule has 0 aliphatic carbocycles. The monoisotopic (exact) mass is 249 g/mol. The van der Waals surface area contributed by atoms with Crippen LogP contribution in [0, 0.1) is 6.92 Å². The van der Waals surface area contributed by atoms with Crippen molar-refractivity contribution in [2.75, 3.05) is 7.11 Å². The van der Waals surface area contributed by atoms with Gasteiger partial charge in [0.2, 0.25) is 5.88 Å². The summed E-state index contributed by atoms with van der Waals surface area (Å²) in [6, 6.07) is 3.49. The van der Waals surface area contributed by atoms with E-state index in [0.29, 0.717) is 21.5 Å². The predicted molar refractivity (Wildman–Crippen MR) is 64.4 cm³/mol. The second-order valence-electron chi connectivity index (χ2n) is 3.45. The summed E-state index contributed by atoms with van der Waals surface area (Å²) in [5, 5.41) is 8.56. The fourth-order valence-corrected chi connectivity index (χ4v) is 2.30. The molecule has 0 fully saturated rings. The molecule has 0 spiro atoms. The third-order valence-electron chi connectivity index (χ3n) is 2.18. The van der Waals surface area contributed by atoms with Gasteiger partial charge >= 0.3 is 0 Å². The molecule has 0 unspecified atom stereocenters. The van der Waals surface area contributed by atoms with Crippen LogP contribution in [0.15, 0.2) is 12.1 Å². The average Bonchev–Trinajstić information content (AvgIpc) is 2.71. The van der Waals surface area contributed by atoms with Crippen molar-refractivity contribution >= 4 is 17.1 Å². The molecular weight excluding hydrogens is 238 g/mol. The number of hydrogen-bond acceptors (Lipinski definition) is 6. The van der Waals surface area contributed by atoms with Crippen LogP contribution in [-0.2, 0) is 0 Å². The number of nitrogens with zero attached hydrogens (tertiary/aromatic N) is 3. The van der Waals surface area contributed by atoms with E-state index in [0.717, 1.165) is 5.69 Å². The van der Waals surface area contributed by atoms with Gasteiger partial charge in [-0.2, -0.15) is 0 Å². The molecule has 0 aliphatic heterocycles. The van der Waals surface area contributed by atoms with Gasteiger partial charge in [0.25, 0.3) is 0 Å². The summed E-state index contributed by atoms with van der Waals surface area (Å²) < 4.78 is 4.93. The molecule has 0 radical (unpaired) electrons. The van der Waals surface area contributed by atoms with Crippen molar-refractivity contribution in [2.45, 2.75) is 13.8 Å². The van der Waals surface area contributed by atoms with E-state index in [2.05, 4.69) is 15.2 Å². The van der Waals surface area contributed by atoms with Gasteiger partial charge in [-0.05, 0) is 13.0 Å². The number of methoxy groups -OCH3 is 1. The molecular formula is C11H11N3O2S. The Bertz CT molecular complexity index is 548. The molecule has 0 atom stereocenters. The first-order chi connectivity index (χ1) is 8.11. The molecule has 5 nitrogen and oxygen atoms in total. The highest BCUT2D eigenvalue weighted by Crippen LogP contribution is 2.26. The lowest BCUT2D eigenvalue weighted by atomic mass is 10.3. The molecule has 2 aromatic rings. The van der Waals surface area contributed by atoms with Crippen molar-refractivity contribution < 1.29 is 9.53 Å². The smallest absolute Gasteiger partial charge is 0.233 e. The van der Waals surface area contributed by atoms with E-state index in [4.69, 9.17) is 4.74 Å². The molecule has 0 saturated carbocycles. The Hall–Kier alpha value is -1.82. The predicted octanol–water partition coefficient (Wildman–Crippen LogP) is 2.12. The highest BCUT2D eigenvalue weighted by molar-refractivity contribution is 7.17. The Balaban J connectivity index is 2.39. The van der Waals surface area contributed by atoms with Crippen molar-refractivity contribution in [2.24, 2.45) is 0 Å². The molecule has 0 saturated heterocycles. The summed E-state index contributed by atoms with van der Waals surface area (Å²) in [5.74, 6) is 0.474. The highest BCUT2D eigenvalue weighted by atomic mass is 32.1. The number of ketones is 1. The number of aromatic nitrogens is 3. The normalized spacial score (nSPS) is 10.3. The van der Waals surface area contributed by atoms with Gasteiger partial charge in [-0.3, -0.25) is 4.79 Å². The third-order valence-corrected chi connectivity index (χ3v) is 3.47. The largest absolute Gasteiger partial charge is 0.480 e. The van der Waals surface area contributed by atoms with E-state index in [1.165, 1.54) is 25.4 Å². The number of aryl methyl sites for hydroxylation is 1. The van der Waals surface area contributed by atoms with Crippen LogP contribution in [0.2, 0.25) is 0 Å². The number of hydrogen-bond donors (Lipinski definition) is 0. The minimum atomic E-state index is 0.0210. The number of carbonyl (C=O) groups excluding carboxylic acids is 1. The number of rotatable bonds is 3. The van der Waals surface area contributed by atoms with Gasteiger partial charge in [0.15, 0.2) is 5.78 Å². The van der Waals surface area contributed by atoms with Crippen LogP contribution in [0.1, 0.15) is 22.3 Å². The third kappa shape index (κ3) is 2.31. The Morgan fingerprint density at radius 2 is 2.12 bits per heavy atom. The summed E-state index contributed by atoms with van der Waals surface area (Å²) in [6.07, 6.45) is 0. The van der Waals surface area contributed by atoms with Crippen molar-refractivity contribution in [1.82, 2.24) is 15.2 Å². The summed E-state index contributed by atoms with van der Waals surface area (Å²) in [6.45, 7) is 3.34. The molecule has 0 bridgehead atoms. The maximum absolute atomic E-state index is 11.3. The van der Waals surface area contributed by atoms with Crippen LogP contribution in [0.4, 0.5) is 0 Å². The summed E-state index contributed by atoms with van der Waals surface area (Å²) in [7, 11) is 1.53. The SMILES string of the molecule is COc1ccc(-c2nc(C)c(C(C)=O)s2)nn1. The van der Waals surface area contributed by atoms with Crippen molar-refractivity contribution in [1.29, 1.82) is 0 Å². The molecule has 88 valence electrons. The van der Waals surface area contributed by atoms with Crippen LogP contribution in [0.25, 0.3) is 10.7 Å². The number of Topliss-reactive ketones (excluding diaryl/α,β-unsaturated/α-hetero) is 1. The molecule has 2 aromatic heterocycles. The highest BCUT2D eigenvalue weighted by Gasteiger charge is 2.13. The van der Waals surface area contributed by atoms with Gasteiger partial charge in [-0.1, -0.05) is 0 Å². The van der Waals surface area contributed by atoms with E-state index in [-0.39, 0.29) is 5.78 Å². The lowest BCUT2D eigenvalue weighted by Gasteiger charge is -1.97. The zero-order chi connectivity index (χ0) is 12.4. The maximum atomic E-state index is 11.3. The Morgan fingerprint density at radius 1 is 1.35 bits per heavy atom. The van der Waals surface area contributed by atoms with E-state index < -0.39 is 0 Å². The molecule has 0 aromatic carbocycles. The van der Waals surface area contributed by atoms with Gasteiger partial charge in [0.1, 0.15) is 10.7 Å². The molecule has 0 aliphatic rings. The van der Waals surface area contributed by atoms with E-state index >= 15 is 0 Å². The quantitative estimate of drug-likeness (QED) is 0.779. The van der Waals surface area contributed by atoms with Crippen molar-refractivity contribution in [3.05, 3.63) is 22.7 Å². The fraction of sp³-hybridized carbons (Fsp3) is 0.273. The number of ether oxygens (including phenoxy) is 1. The van der Waals surface area contributed by atoms with Gasteiger partial charge in [0.05, 0.1) is 17.7 Å². The van der Waals surface area contributed by atoms with E-state index in [9.17, 15) is 4.79 Å². The lowest BCUT2D eigenvalue weighted by molar-refractivity contribution is 0.102. The fourth-order valence-electron chi connectivity index (χ4n) is 1.38. The van der Waals surface area contributed by atoms with Crippen LogP contribution < -0.4 is 4.74 Å². The van der Waals surface area contributed by atoms with Gasteiger partial charge in [0, 0.05) is 13.0 Å². The second kappa shape index (κ2) is 4.58. The van der Waals surface area contributed by atoms with E-state index in [1.807, 2.05) is 6.92 Å². The maximum Gasteiger partial charge on any atom is 0.233 e. The van der Waals surface area contributed by atoms with Crippen LogP contribution in [0.5, 0.6) is 5.88 Å². The molecule has 2 heterocycles. The Labute approximate surface area is 102 Å². The molecule has 0 N–H and O–H groups in total. The standard InChI is InChI=1S/C11H11N3O2S/c1-6-10(7(2)15)17-11(12-6)8-4-5-9(16-3)14-13-8/h4-5H,1-3H3. The van der Waals surface area contributed by atoms with Gasteiger partial charge in [-0.15, -0.1) is 21.5 Å². The number of thiazole rings is 1. The van der Waals surface area contributed by atoms with Gasteiger partial charge < -0.3 is 4.74 Å². The van der Waals surface area contributed by atoms with Crippen molar-refractivity contribution in [3.63, 3.8) is 0 Å². The lowest BCUT2D eigenvalue weighted by Crippen LogP contribution is -1.91. The Morgan fingerprint density at radius 3 is 2.59 bits per heavy atom. The van der Waals surface area contributed by atoms with Crippen LogP contribution in [0.3, 0.4) is 0 Å². The summed E-state index contributed by atoms with van der Waals surface area (Å²) in [4.78, 5) is 16.3. The minimum Gasteiger partial charge on any atom is -0.480 e. The first-order valence-corrected chi connectivity index (χ1v) is 5.80. The Kier molecular flexibility index (Phi) is 3.14. The van der Waals surface area contributed by atoms with Gasteiger partial charge in [-0.25, -0.2) is 4.98 Å². The van der Waals surface area contributed by atoms with E-state index in [1.54, 1.807) is 12.1 Å². The number of carbonyl (C=O) groups is 1. The first-order valence-electron chi connectivity index (χ1n) is 4.98. The minimum absolute atomic E-state index is 0.0210. The molecule has 0 amide bonds. The zero-order valence-corrected chi connectivity index (χ0v) is 10.5. The molecule has 17 heavy (non-hydrogen) atoms. The van der Waals surface area contributed by atoms with Crippen molar-refractivity contribution in [3.8, 4) is 16.6 Å². The summed E-state index contributed by atoms with van der Waals surface area (Å²) in [5.41, 5.74) is 1.38. The molecule has 2 rings (SSSR count). The zero-order valence-electron chi connectivity index (χ0n) is 9.72.